The minimum atomic E-state index is 0. The third-order valence-electron chi connectivity index (χ3n) is 0. The monoisotopic (exact) mass is 79.0 g/mol. The van der Waals surface area contributed by atoms with E-state index in [2.05, 4.69) is 4.72 Å². The third-order valence-corrected chi connectivity index (χ3v) is 0. The van der Waals surface area contributed by atoms with Crippen LogP contribution in [0, 0.1) is 0 Å². The van der Waals surface area contributed by atoms with Crippen molar-refractivity contribution in [2.24, 2.45) is 4.72 Å². The van der Waals surface area contributed by atoms with Gasteiger partial charge in [0.15, 0.2) is 0 Å². The highest BCUT2D eigenvalue weighted by atomic mass is 27.1. The van der Waals surface area contributed by atoms with Gasteiger partial charge in [0.2, 0.25) is 16.5 Å². The van der Waals surface area contributed by atoms with Gasteiger partial charge in [0.25, 0.3) is 0 Å². The Balaban J connectivity index is -0.00000000500. The lowest BCUT2D eigenvalue weighted by atomic mass is 13.9. The average Bonchev–Trinajstić information content (AvgIpc) is 1.00. The van der Waals surface area contributed by atoms with Crippen LogP contribution >= 0.6 is 0 Å². The van der Waals surface area contributed by atoms with Crippen molar-refractivity contribution in [1.29, 1.82) is 0 Å². The lowest BCUT2D eigenvalue weighted by Gasteiger charge is -1.15. The minimum Gasteiger partial charge on any atom is -0.428 e. The summed E-state index contributed by atoms with van der Waals surface area (Å²) in [5, 5.41) is 0. The van der Waals surface area contributed by atoms with Gasteiger partial charge in [0.05, 0.1) is 0 Å². The molecule has 0 aromatic rings. The topological polar surface area (TPSA) is 89.0 Å². The maximum atomic E-state index is 4.42. The summed E-state index contributed by atoms with van der Waals surface area (Å²) in [5.41, 5.74) is 0. The van der Waals surface area contributed by atoms with E-state index in [4.69, 9.17) is 0 Å². The molecule has 26 valence electrons. The van der Waals surface area contributed by atoms with Crippen LogP contribution in [-0.4, -0.2) is 27.5 Å². The highest BCUT2D eigenvalue weighted by Gasteiger charge is 0.965. The second-order valence-corrected chi connectivity index (χ2v) is 0. The van der Waals surface area contributed by atoms with Gasteiger partial charge in [-0.2, -0.15) is 0 Å². The summed E-state index contributed by atoms with van der Waals surface area (Å²) in [7, 11) is 0. The van der Waals surface area contributed by atoms with Gasteiger partial charge in [0, 0.05) is 0 Å². The molecule has 0 fully saturated rings. The molecule has 2 radical (unpaired) electrons. The van der Waals surface area contributed by atoms with Crippen LogP contribution in [0.5, 0.6) is 0 Å². The van der Waals surface area contributed by atoms with E-state index in [1.807, 2.05) is 16.5 Å². The Bertz CT molecular complexity index is 6.00. The summed E-state index contributed by atoms with van der Waals surface area (Å²) >= 11 is 1.92. The smallest absolute Gasteiger partial charge is 0.247 e. The molecule has 0 aliphatic carbocycles. The molecule has 0 aliphatic heterocycles. The normalized spacial score (nSPS) is 1.25. The van der Waals surface area contributed by atoms with Crippen molar-refractivity contribution in [3.05, 3.63) is 0 Å². The molecule has 0 bridgehead atoms. The van der Waals surface area contributed by atoms with Crippen molar-refractivity contribution in [2.75, 3.05) is 0 Å². The van der Waals surface area contributed by atoms with Crippen LogP contribution in [0.2, 0.25) is 0 Å². The first-order chi connectivity index (χ1) is 1.00. The van der Waals surface area contributed by atoms with Gasteiger partial charge in [0.1, 0.15) is 0 Å². The number of hydrogen-bond donors (Lipinski definition) is 1. The maximum absolute atomic E-state index is 4.42. The Morgan fingerprint density at radius 1 is 1.00 bits per heavy atom. The quantitative estimate of drug-likeness (QED) is 0.316. The van der Waals surface area contributed by atoms with Crippen LogP contribution in [0.25, 0.3) is 0 Å². The van der Waals surface area contributed by atoms with Crippen molar-refractivity contribution in [1.82, 2.24) is 0 Å². The molecule has 6 N–H and O–H groups in total. The standard InChI is InChI=1S/Al.H2N.2H2O/h;3*1H2/q+1;-1;;. The fourth-order valence-electron chi connectivity index (χ4n) is 0. The molecule has 0 unspecified atom stereocenters. The number of nitrogens with two attached hydrogens (primary N) is 1. The van der Waals surface area contributed by atoms with E-state index in [-0.39, 0.29) is 11.0 Å². The van der Waals surface area contributed by atoms with Gasteiger partial charge in [-0.3, -0.25) is 0 Å². The Morgan fingerprint density at radius 3 is 1.00 bits per heavy atom. The second-order valence-electron chi connectivity index (χ2n) is 0. The first-order valence-corrected chi connectivity index (χ1v) is 1.00. The summed E-state index contributed by atoms with van der Waals surface area (Å²) in [5.74, 6) is 0. The molecule has 0 spiro atoms. The summed E-state index contributed by atoms with van der Waals surface area (Å²) in [6.07, 6.45) is 0. The van der Waals surface area contributed by atoms with Gasteiger partial charge in [-0.15, -0.1) is 0 Å². The summed E-state index contributed by atoms with van der Waals surface area (Å²) in [6.45, 7) is 0. The van der Waals surface area contributed by atoms with Crippen LogP contribution in [0.15, 0.2) is 0 Å². The molecule has 0 atom stereocenters. The fraction of sp³-hybridized carbons (Fsp3) is 0. The second kappa shape index (κ2) is 117. The van der Waals surface area contributed by atoms with Crippen molar-refractivity contribution < 1.29 is 11.0 Å². The molecular weight excluding hydrogens is 73.0 g/mol. The van der Waals surface area contributed by atoms with Crippen molar-refractivity contribution in [3.63, 3.8) is 0 Å². The summed E-state index contributed by atoms with van der Waals surface area (Å²) in [4.78, 5) is 0. The Morgan fingerprint density at radius 2 is 1.00 bits per heavy atom. The molecule has 0 amide bonds. The van der Waals surface area contributed by atoms with Gasteiger partial charge < -0.3 is 15.7 Å². The largest absolute Gasteiger partial charge is 0.428 e. The van der Waals surface area contributed by atoms with Gasteiger partial charge in [-0.1, -0.05) is 0 Å². The molecule has 4 heavy (non-hydrogen) atoms. The van der Waals surface area contributed by atoms with Gasteiger partial charge in [-0.05, 0) is 0 Å². The van der Waals surface area contributed by atoms with E-state index in [0.717, 1.165) is 0 Å². The predicted octanol–water partition coefficient (Wildman–Crippen LogP) is -2.62. The molecule has 0 aromatic heterocycles. The molecule has 4 heteroatoms. The molecule has 0 saturated heterocycles. The van der Waals surface area contributed by atoms with Crippen LogP contribution in [0.3, 0.4) is 0 Å². The van der Waals surface area contributed by atoms with E-state index < -0.39 is 0 Å². The molecular formula is H6AlNO2. The van der Waals surface area contributed by atoms with Crippen molar-refractivity contribution in [3.8, 4) is 0 Å². The maximum Gasteiger partial charge on any atom is 0.247 e. The van der Waals surface area contributed by atoms with Crippen molar-refractivity contribution in [2.45, 2.75) is 0 Å². The zero-order valence-corrected chi connectivity index (χ0v) is 3.31. The van der Waals surface area contributed by atoms with Crippen molar-refractivity contribution >= 4 is 16.5 Å². The molecule has 0 aliphatic rings. The lowest BCUT2D eigenvalue weighted by Crippen LogP contribution is -1.75. The van der Waals surface area contributed by atoms with Crippen LogP contribution in [0.1, 0.15) is 0 Å². The SMILES string of the molecule is O.O.[NH2][Al]. The molecule has 0 saturated carbocycles. The number of hydrogen-bond acceptors (Lipinski definition) is 1. The fourth-order valence-corrected chi connectivity index (χ4v) is 0. The first kappa shape index (κ1) is 25.8. The van der Waals surface area contributed by atoms with E-state index >= 15 is 0 Å². The Kier molecular flexibility index (Phi) is 752. The van der Waals surface area contributed by atoms with E-state index in [1.54, 1.807) is 0 Å². The zero-order valence-electron chi connectivity index (χ0n) is 2.15. The third kappa shape index (κ3) is 28.3. The highest BCUT2D eigenvalue weighted by molar-refractivity contribution is 6.02. The molecule has 3 nitrogen and oxygen atoms in total. The molecule has 0 rings (SSSR count). The average molecular weight is 79.0 g/mol. The Hall–Kier alpha value is 0.412. The van der Waals surface area contributed by atoms with E-state index in [9.17, 15) is 0 Å². The van der Waals surface area contributed by atoms with E-state index in [1.165, 1.54) is 0 Å². The summed E-state index contributed by atoms with van der Waals surface area (Å²) < 4.78 is 4.42. The van der Waals surface area contributed by atoms with Crippen LogP contribution < -0.4 is 4.72 Å². The zero-order chi connectivity index (χ0) is 2.00. The molecule has 0 heterocycles. The van der Waals surface area contributed by atoms with E-state index in [0.29, 0.717) is 0 Å². The first-order valence-electron chi connectivity index (χ1n) is 0.333. The van der Waals surface area contributed by atoms with Crippen LogP contribution in [0.4, 0.5) is 0 Å². The predicted molar refractivity (Wildman–Crippen MR) is 17.2 cm³/mol. The van der Waals surface area contributed by atoms with Gasteiger partial charge >= 0.3 is 0 Å². The number of rotatable bonds is 0. The molecule has 0 aromatic carbocycles. The lowest BCUT2D eigenvalue weighted by molar-refractivity contribution is 0.823. The van der Waals surface area contributed by atoms with Gasteiger partial charge in [-0.25, -0.2) is 0 Å². The highest BCUT2D eigenvalue weighted by Crippen LogP contribution is 0.350. The Labute approximate surface area is 33.1 Å². The van der Waals surface area contributed by atoms with Crippen LogP contribution in [-0.2, 0) is 0 Å². The minimum absolute atomic E-state index is 0. The summed E-state index contributed by atoms with van der Waals surface area (Å²) in [6, 6.07) is 0.